The number of aliphatic imine (C=N–C) groups is 1. The van der Waals surface area contributed by atoms with Gasteiger partial charge in [0, 0.05) is 43.6 Å². The van der Waals surface area contributed by atoms with E-state index in [0.29, 0.717) is 12.4 Å². The fraction of sp³-hybridized carbons (Fsp3) is 0.0189. The van der Waals surface area contributed by atoms with Gasteiger partial charge in [0.05, 0.1) is 31.2 Å². The first-order chi connectivity index (χ1) is 29.7. The molecule has 7 heteroatoms. The number of nitrogens with zero attached hydrogens (tertiary/aromatic N) is 4. The van der Waals surface area contributed by atoms with Crippen LogP contribution in [-0.4, -0.2) is 11.2 Å². The van der Waals surface area contributed by atoms with E-state index in [1.54, 1.807) is 11.3 Å². The molecule has 0 N–H and O–H groups in total. The molecule has 0 saturated heterocycles. The van der Waals surface area contributed by atoms with Gasteiger partial charge in [-0.25, -0.2) is 9.73 Å². The molecule has 9 aromatic rings. The molecule has 1 aromatic heterocycles. The van der Waals surface area contributed by atoms with Crippen molar-refractivity contribution in [3.05, 3.63) is 247 Å². The molecular weight excluding hydrogens is 787 g/mol. The summed E-state index contributed by atoms with van der Waals surface area (Å²) < 4.78 is 11.7. The van der Waals surface area contributed by atoms with Gasteiger partial charge in [-0.3, -0.25) is 9.74 Å². The lowest BCUT2D eigenvalue weighted by Crippen LogP contribution is -2.25. The zero-order valence-corrected chi connectivity index (χ0v) is 35.5. The van der Waals surface area contributed by atoms with E-state index in [2.05, 4.69) is 231 Å². The molecule has 0 spiro atoms. The summed E-state index contributed by atoms with van der Waals surface area (Å²) in [4.78, 5) is 11.4. The molecule has 290 valence electrons. The van der Waals surface area contributed by atoms with Crippen LogP contribution in [0.1, 0.15) is 10.4 Å². The van der Waals surface area contributed by atoms with Gasteiger partial charge < -0.3 is 0 Å². The van der Waals surface area contributed by atoms with Crippen LogP contribution in [0.2, 0.25) is 0 Å². The van der Waals surface area contributed by atoms with Crippen LogP contribution in [0.3, 0.4) is 0 Å². The maximum Gasteiger partial charge on any atom is 0.172 e. The number of aromatic nitrogens is 1. The lowest BCUT2D eigenvalue weighted by atomic mass is 10.2. The van der Waals surface area contributed by atoms with Gasteiger partial charge in [0.1, 0.15) is 5.01 Å². The normalized spacial score (nSPS) is 11.7. The van der Waals surface area contributed by atoms with Crippen molar-refractivity contribution in [2.75, 3.05) is 0 Å². The molecule has 60 heavy (non-hydrogen) atoms. The highest BCUT2D eigenvalue weighted by molar-refractivity contribution is 7.88. The summed E-state index contributed by atoms with van der Waals surface area (Å²) >= 11 is 1.63. The van der Waals surface area contributed by atoms with Crippen LogP contribution in [0, 0.1) is 0 Å². The molecule has 0 fully saturated rings. The molecule has 0 aliphatic heterocycles. The summed E-state index contributed by atoms with van der Waals surface area (Å²) in [6.07, 6.45) is 1.98. The van der Waals surface area contributed by atoms with Gasteiger partial charge in [-0.05, 0) is 11.6 Å². The quantitative estimate of drug-likeness (QED) is 0.0894. The van der Waals surface area contributed by atoms with Crippen LogP contribution in [-0.2, 0) is 6.54 Å². The molecule has 0 aliphatic carbocycles. The van der Waals surface area contributed by atoms with E-state index in [1.807, 2.05) is 12.3 Å². The lowest BCUT2D eigenvalue weighted by molar-refractivity contribution is 1.07. The van der Waals surface area contributed by atoms with E-state index in [0.717, 1.165) is 42.6 Å². The minimum Gasteiger partial charge on any atom is -0.287 e. The number of thiazole rings is 1. The van der Waals surface area contributed by atoms with Crippen LogP contribution in [0.25, 0.3) is 10.6 Å². The third-order valence-electron chi connectivity index (χ3n) is 10.4. The van der Waals surface area contributed by atoms with Crippen molar-refractivity contribution in [1.29, 1.82) is 0 Å². The molecule has 0 atom stereocenters. The first-order valence-corrected chi connectivity index (χ1v) is 24.3. The van der Waals surface area contributed by atoms with E-state index >= 15 is 0 Å². The van der Waals surface area contributed by atoms with Crippen LogP contribution in [0.5, 0.6) is 0 Å². The number of rotatable bonds is 12. The molecule has 8 aromatic carbocycles. The summed E-state index contributed by atoms with van der Waals surface area (Å²) in [5.74, 6) is 0.688. The molecular formula is C53H42N4P2S. The smallest absolute Gasteiger partial charge is 0.172 e. The van der Waals surface area contributed by atoms with Crippen LogP contribution in [0.4, 0.5) is 11.5 Å². The molecule has 0 aliphatic rings. The van der Waals surface area contributed by atoms with E-state index in [1.165, 1.54) is 15.9 Å². The summed E-state index contributed by atoms with van der Waals surface area (Å²) in [5.41, 5.74) is 3.03. The van der Waals surface area contributed by atoms with Crippen molar-refractivity contribution in [2.24, 2.45) is 14.5 Å². The molecule has 0 bridgehead atoms. The Morgan fingerprint density at radius 3 is 1.17 bits per heavy atom. The summed E-state index contributed by atoms with van der Waals surface area (Å²) in [7, 11) is -5.08. The van der Waals surface area contributed by atoms with Crippen LogP contribution < -0.4 is 31.8 Å². The van der Waals surface area contributed by atoms with Gasteiger partial charge in [0.25, 0.3) is 0 Å². The fourth-order valence-corrected chi connectivity index (χ4v) is 15.6. The van der Waals surface area contributed by atoms with Crippen molar-refractivity contribution in [3.8, 4) is 10.6 Å². The Bertz CT molecular complexity index is 2730. The Balaban J connectivity index is 1.21. The van der Waals surface area contributed by atoms with E-state index in [-0.39, 0.29) is 0 Å². The minimum atomic E-state index is -2.59. The van der Waals surface area contributed by atoms with Crippen molar-refractivity contribution in [3.63, 3.8) is 0 Å². The van der Waals surface area contributed by atoms with Gasteiger partial charge in [0.15, 0.2) is 5.82 Å². The standard InChI is InChI=1S/C53H42N4P2S/c1-8-24-42(25-9-1)53-55-52(57-59(47-33-16-5-17-34-47,48-35-18-6-19-36-48)49-37-20-7-21-38-49)51(60-53)41-54-40-43-26-22-23-39-50(43)56-58(44-27-10-2-11-28-44,45-29-12-3-13-30-45)46-31-14-4-15-32-46/h1-39,41H,40H2. The SMILES string of the molecule is C(=NCc1ccccc1N=P(c1ccccc1)(c1ccccc1)c1ccccc1)c1sc(-c2ccccc2)nc1N=P(c1ccccc1)(c1ccccc1)c1ccccc1. The second kappa shape index (κ2) is 18.2. The highest BCUT2D eigenvalue weighted by Crippen LogP contribution is 2.51. The Kier molecular flexibility index (Phi) is 11.8. The van der Waals surface area contributed by atoms with Crippen molar-refractivity contribution in [2.45, 2.75) is 6.54 Å². The minimum absolute atomic E-state index is 0.437. The topological polar surface area (TPSA) is 50.0 Å². The molecule has 0 unspecified atom stereocenters. The summed E-state index contributed by atoms with van der Waals surface area (Å²) in [5, 5.41) is 8.00. The van der Waals surface area contributed by atoms with Gasteiger partial charge in [0.2, 0.25) is 0 Å². The van der Waals surface area contributed by atoms with Gasteiger partial charge in [-0.2, -0.15) is 0 Å². The third kappa shape index (κ3) is 7.96. The summed E-state index contributed by atoms with van der Waals surface area (Å²) in [6, 6.07) is 83.2. The van der Waals surface area contributed by atoms with Crippen molar-refractivity contribution < 1.29 is 0 Å². The highest BCUT2D eigenvalue weighted by atomic mass is 32.1. The molecule has 4 nitrogen and oxygen atoms in total. The third-order valence-corrected chi connectivity index (χ3v) is 18.7. The Morgan fingerprint density at radius 1 is 0.400 bits per heavy atom. The predicted octanol–water partition coefficient (Wildman–Crippen LogP) is 12.0. The van der Waals surface area contributed by atoms with Crippen molar-refractivity contribution >= 4 is 75.0 Å². The molecule has 0 radical (unpaired) electrons. The number of hydrogen-bond acceptors (Lipinski definition) is 5. The molecule has 9 rings (SSSR count). The fourth-order valence-electron chi connectivity index (χ4n) is 7.56. The Hall–Kier alpha value is -6.48. The second-order valence-electron chi connectivity index (χ2n) is 14.2. The monoisotopic (exact) mass is 828 g/mol. The molecule has 0 saturated carbocycles. The lowest BCUT2D eigenvalue weighted by Gasteiger charge is -2.27. The van der Waals surface area contributed by atoms with E-state index in [4.69, 9.17) is 19.5 Å². The Labute approximate surface area is 356 Å². The highest BCUT2D eigenvalue weighted by Gasteiger charge is 2.30. The molecule has 1 heterocycles. The molecule has 0 amide bonds. The second-order valence-corrected chi connectivity index (χ2v) is 21.2. The number of benzene rings is 8. The van der Waals surface area contributed by atoms with Gasteiger partial charge >= 0.3 is 0 Å². The maximum atomic E-state index is 5.85. The first-order valence-electron chi connectivity index (χ1n) is 20.0. The number of hydrogen-bond donors (Lipinski definition) is 0. The van der Waals surface area contributed by atoms with Crippen molar-refractivity contribution in [1.82, 2.24) is 4.98 Å². The van der Waals surface area contributed by atoms with Crippen LogP contribution >= 0.6 is 25.4 Å². The van der Waals surface area contributed by atoms with Gasteiger partial charge in [-0.15, -0.1) is 11.3 Å². The first kappa shape index (κ1) is 39.0. The predicted molar refractivity (Wildman–Crippen MR) is 260 cm³/mol. The maximum absolute atomic E-state index is 5.85. The van der Waals surface area contributed by atoms with E-state index < -0.39 is 14.1 Å². The average molecular weight is 829 g/mol. The van der Waals surface area contributed by atoms with E-state index in [9.17, 15) is 0 Å². The zero-order valence-electron chi connectivity index (χ0n) is 32.9. The van der Waals surface area contributed by atoms with Crippen LogP contribution in [0.15, 0.2) is 251 Å². The average Bonchev–Trinajstić information content (AvgIpc) is 3.74. The van der Waals surface area contributed by atoms with Gasteiger partial charge in [-0.1, -0.05) is 231 Å². The largest absolute Gasteiger partial charge is 0.287 e. The summed E-state index contributed by atoms with van der Waals surface area (Å²) in [6.45, 7) is 0.437. The Morgan fingerprint density at radius 2 is 0.750 bits per heavy atom. The zero-order chi connectivity index (χ0) is 40.5.